The first kappa shape index (κ1) is 22.1. The number of likely N-dealkylation sites (tertiary alicyclic amines) is 1. The number of nitrogens with zero attached hydrogens (tertiary/aromatic N) is 3. The van der Waals surface area contributed by atoms with Crippen molar-refractivity contribution in [2.45, 2.75) is 65.0 Å². The molecule has 1 aromatic rings. The Morgan fingerprint density at radius 2 is 1.87 bits per heavy atom. The van der Waals surface area contributed by atoms with Crippen LogP contribution in [0.3, 0.4) is 0 Å². The van der Waals surface area contributed by atoms with Crippen LogP contribution < -0.4 is 0 Å². The van der Waals surface area contributed by atoms with E-state index < -0.39 is 11.6 Å². The molecule has 8 nitrogen and oxygen atoms in total. The lowest BCUT2D eigenvalue weighted by atomic mass is 9.95. The molecule has 3 rings (SSSR count). The Hall–Kier alpha value is -2.64. The normalized spacial score (nSPS) is 17.6. The molecule has 30 heavy (non-hydrogen) atoms. The van der Waals surface area contributed by atoms with E-state index >= 15 is 0 Å². The van der Waals surface area contributed by atoms with Gasteiger partial charge < -0.3 is 19.3 Å². The number of aromatic nitrogens is 1. The zero-order chi connectivity index (χ0) is 22.1. The van der Waals surface area contributed by atoms with E-state index in [1.54, 1.807) is 11.0 Å². The van der Waals surface area contributed by atoms with E-state index in [-0.39, 0.29) is 18.0 Å². The lowest BCUT2D eigenvalue weighted by Gasteiger charge is -2.40. The molecule has 1 saturated heterocycles. The number of esters is 1. The van der Waals surface area contributed by atoms with Gasteiger partial charge in [-0.2, -0.15) is 0 Å². The van der Waals surface area contributed by atoms with Gasteiger partial charge in [0.05, 0.1) is 29.6 Å². The zero-order valence-electron chi connectivity index (χ0n) is 18.5. The van der Waals surface area contributed by atoms with E-state index in [0.717, 1.165) is 5.69 Å². The first-order chi connectivity index (χ1) is 14.1. The van der Waals surface area contributed by atoms with Gasteiger partial charge in [0.15, 0.2) is 0 Å². The number of methoxy groups -OCH3 is 1. The third-order valence-electron chi connectivity index (χ3n) is 5.56. The van der Waals surface area contributed by atoms with E-state index in [0.29, 0.717) is 62.1 Å². The smallest absolute Gasteiger partial charge is 0.410 e. The highest BCUT2D eigenvalue weighted by Gasteiger charge is 2.35. The Labute approximate surface area is 177 Å². The first-order valence-corrected chi connectivity index (χ1v) is 10.5. The number of piperidine rings is 1. The maximum atomic E-state index is 13.2. The molecular weight excluding hydrogens is 386 g/mol. The zero-order valence-corrected chi connectivity index (χ0v) is 18.5. The fourth-order valence-electron chi connectivity index (χ4n) is 4.04. The largest absolute Gasteiger partial charge is 0.465 e. The number of fused-ring (bicyclic) bond motifs is 1. The molecule has 164 valence electrons. The second kappa shape index (κ2) is 8.62. The van der Waals surface area contributed by atoms with Gasteiger partial charge in [0, 0.05) is 32.1 Å². The third kappa shape index (κ3) is 4.57. The van der Waals surface area contributed by atoms with E-state index in [4.69, 9.17) is 9.47 Å². The van der Waals surface area contributed by atoms with Crippen LogP contribution in [-0.2, 0) is 22.3 Å². The summed E-state index contributed by atoms with van der Waals surface area (Å²) in [4.78, 5) is 45.8. The van der Waals surface area contributed by atoms with E-state index in [1.807, 2.05) is 32.6 Å². The summed E-state index contributed by atoms with van der Waals surface area (Å²) < 4.78 is 10.3. The minimum Gasteiger partial charge on any atom is -0.465 e. The Bertz CT molecular complexity index is 838. The van der Waals surface area contributed by atoms with Crippen molar-refractivity contribution in [1.82, 2.24) is 14.8 Å². The van der Waals surface area contributed by atoms with Crippen molar-refractivity contribution in [3.05, 3.63) is 28.6 Å². The highest BCUT2D eigenvalue weighted by Crippen LogP contribution is 2.27. The van der Waals surface area contributed by atoms with Crippen molar-refractivity contribution in [2.24, 2.45) is 0 Å². The summed E-state index contributed by atoms with van der Waals surface area (Å²) in [6.45, 7) is 9.17. The minimum atomic E-state index is -0.526. The fraction of sp³-hybridized carbons (Fsp3) is 0.636. The van der Waals surface area contributed by atoms with Gasteiger partial charge in [0.1, 0.15) is 5.60 Å². The summed E-state index contributed by atoms with van der Waals surface area (Å²) in [5.74, 6) is -0.579. The molecule has 1 aromatic heterocycles. The van der Waals surface area contributed by atoms with Crippen LogP contribution in [0.4, 0.5) is 4.79 Å². The molecule has 0 radical (unpaired) electrons. The number of pyridine rings is 1. The molecule has 2 aliphatic rings. The molecule has 0 atom stereocenters. The number of carbonyl (C=O) groups excluding carboxylic acids is 3. The van der Waals surface area contributed by atoms with Crippen LogP contribution in [0, 0.1) is 0 Å². The van der Waals surface area contributed by atoms with E-state index in [9.17, 15) is 14.4 Å². The number of ether oxygens (including phenoxy) is 2. The first-order valence-electron chi connectivity index (χ1n) is 10.5. The SMILES string of the molecule is CCc1nc2c(cc1C(=O)OC)C(=O)N(C1CCN(C(=O)OC(C)(C)C)CC1)CC2. The van der Waals surface area contributed by atoms with Gasteiger partial charge in [-0.15, -0.1) is 0 Å². The second-order valence-electron chi connectivity index (χ2n) is 8.77. The molecule has 8 heteroatoms. The highest BCUT2D eigenvalue weighted by atomic mass is 16.6. The maximum Gasteiger partial charge on any atom is 0.410 e. The molecule has 3 heterocycles. The predicted octanol–water partition coefficient (Wildman–Crippen LogP) is 2.83. The number of hydrogen-bond donors (Lipinski definition) is 0. The van der Waals surface area contributed by atoms with E-state index in [1.165, 1.54) is 7.11 Å². The lowest BCUT2D eigenvalue weighted by molar-refractivity contribution is 0.0144. The molecule has 0 saturated carbocycles. The Morgan fingerprint density at radius 1 is 1.20 bits per heavy atom. The molecular formula is C22H31N3O5. The molecule has 0 spiro atoms. The summed E-state index contributed by atoms with van der Waals surface area (Å²) >= 11 is 0. The standard InChI is InChI=1S/C22H31N3O5/c1-6-17-16(20(27)29-5)13-15-18(23-17)9-12-25(19(15)26)14-7-10-24(11-8-14)21(28)30-22(2,3)4/h13-14H,6-12H2,1-5H3. The van der Waals surface area contributed by atoms with Crippen LogP contribution in [0.1, 0.15) is 72.6 Å². The number of rotatable bonds is 3. The highest BCUT2D eigenvalue weighted by molar-refractivity contribution is 6.00. The molecule has 0 N–H and O–H groups in total. The Balaban J connectivity index is 1.72. The minimum absolute atomic E-state index is 0.0526. The van der Waals surface area contributed by atoms with Crippen LogP contribution in [-0.4, -0.2) is 71.1 Å². The number of carbonyl (C=O) groups is 3. The summed E-state index contributed by atoms with van der Waals surface area (Å²) in [6, 6.07) is 1.69. The average molecular weight is 418 g/mol. The van der Waals surface area contributed by atoms with Crippen LogP contribution in [0.25, 0.3) is 0 Å². The van der Waals surface area contributed by atoms with Gasteiger partial charge in [-0.1, -0.05) is 6.92 Å². The van der Waals surface area contributed by atoms with Crippen LogP contribution >= 0.6 is 0 Å². The van der Waals surface area contributed by atoms with Crippen molar-refractivity contribution >= 4 is 18.0 Å². The molecule has 0 bridgehead atoms. The Kier molecular flexibility index (Phi) is 6.33. The van der Waals surface area contributed by atoms with E-state index in [2.05, 4.69) is 4.98 Å². The fourth-order valence-corrected chi connectivity index (χ4v) is 4.04. The van der Waals surface area contributed by atoms with Gasteiger partial charge in [0.2, 0.25) is 0 Å². The van der Waals surface area contributed by atoms with Crippen LogP contribution in [0.5, 0.6) is 0 Å². The average Bonchev–Trinajstić information content (AvgIpc) is 2.71. The molecule has 2 aliphatic heterocycles. The molecule has 0 aromatic carbocycles. The summed E-state index contributed by atoms with van der Waals surface area (Å²) in [5.41, 5.74) is 1.71. The molecule has 1 fully saturated rings. The summed E-state index contributed by atoms with van der Waals surface area (Å²) in [6.07, 6.45) is 2.34. The van der Waals surface area contributed by atoms with Gasteiger partial charge in [-0.05, 0) is 46.1 Å². The van der Waals surface area contributed by atoms with Gasteiger partial charge >= 0.3 is 12.1 Å². The van der Waals surface area contributed by atoms with Crippen LogP contribution in [0.2, 0.25) is 0 Å². The number of amides is 2. The monoisotopic (exact) mass is 417 g/mol. The second-order valence-corrected chi connectivity index (χ2v) is 8.77. The van der Waals surface area contributed by atoms with Crippen molar-refractivity contribution in [1.29, 1.82) is 0 Å². The predicted molar refractivity (Wildman–Crippen MR) is 111 cm³/mol. The van der Waals surface area contributed by atoms with Crippen molar-refractivity contribution in [3.63, 3.8) is 0 Å². The van der Waals surface area contributed by atoms with Crippen molar-refractivity contribution in [3.8, 4) is 0 Å². The Morgan fingerprint density at radius 3 is 2.43 bits per heavy atom. The topological polar surface area (TPSA) is 89.0 Å². The number of hydrogen-bond acceptors (Lipinski definition) is 6. The molecule has 0 unspecified atom stereocenters. The quantitative estimate of drug-likeness (QED) is 0.703. The van der Waals surface area contributed by atoms with Gasteiger partial charge in [0.25, 0.3) is 5.91 Å². The lowest BCUT2D eigenvalue weighted by Crippen LogP contribution is -2.51. The summed E-state index contributed by atoms with van der Waals surface area (Å²) in [5, 5.41) is 0. The summed E-state index contributed by atoms with van der Waals surface area (Å²) in [7, 11) is 1.33. The van der Waals surface area contributed by atoms with Crippen molar-refractivity contribution in [2.75, 3.05) is 26.7 Å². The van der Waals surface area contributed by atoms with Gasteiger partial charge in [-0.3, -0.25) is 9.78 Å². The molecule has 0 aliphatic carbocycles. The maximum absolute atomic E-state index is 13.2. The van der Waals surface area contributed by atoms with Crippen molar-refractivity contribution < 1.29 is 23.9 Å². The van der Waals surface area contributed by atoms with Crippen LogP contribution in [0.15, 0.2) is 6.07 Å². The molecule has 2 amide bonds. The third-order valence-corrected chi connectivity index (χ3v) is 5.56. The number of aryl methyl sites for hydroxylation is 1. The van der Waals surface area contributed by atoms with Gasteiger partial charge in [-0.25, -0.2) is 9.59 Å².